The second-order valence-corrected chi connectivity index (χ2v) is 7.85. The number of benzene rings is 2. The lowest BCUT2D eigenvalue weighted by Gasteiger charge is -2.18. The number of rotatable bonds is 6. The molecule has 3 aromatic rings. The van der Waals surface area contributed by atoms with E-state index in [0.717, 1.165) is 34.3 Å². The van der Waals surface area contributed by atoms with Crippen LogP contribution in [0, 0.1) is 12.8 Å². The van der Waals surface area contributed by atoms with Crippen molar-refractivity contribution in [2.75, 3.05) is 0 Å². The molecule has 0 fully saturated rings. The average molecular weight is 398 g/mol. The molecule has 1 aromatic heterocycles. The van der Waals surface area contributed by atoms with E-state index < -0.39 is 0 Å². The van der Waals surface area contributed by atoms with Gasteiger partial charge in [-0.25, -0.2) is 0 Å². The summed E-state index contributed by atoms with van der Waals surface area (Å²) < 4.78 is 6.72. The molecule has 0 aliphatic heterocycles. The van der Waals surface area contributed by atoms with Gasteiger partial charge in [0.2, 0.25) is 0 Å². The van der Waals surface area contributed by atoms with Crippen molar-refractivity contribution in [1.29, 1.82) is 0 Å². The van der Waals surface area contributed by atoms with E-state index in [2.05, 4.69) is 77.4 Å². The maximum atomic E-state index is 5.65. The van der Waals surface area contributed by atoms with E-state index in [0.29, 0.717) is 11.8 Å². The molecule has 3 heteroatoms. The van der Waals surface area contributed by atoms with Crippen LogP contribution in [0.2, 0.25) is 0 Å². The van der Waals surface area contributed by atoms with Crippen molar-refractivity contribution in [3.8, 4) is 11.3 Å². The fourth-order valence-electron chi connectivity index (χ4n) is 3.41. The van der Waals surface area contributed by atoms with Crippen molar-refractivity contribution < 1.29 is 4.52 Å². The molecule has 2 nitrogen and oxygen atoms in total. The molecule has 2 aromatic carbocycles. The van der Waals surface area contributed by atoms with E-state index in [1.165, 1.54) is 11.1 Å². The van der Waals surface area contributed by atoms with Crippen LogP contribution in [0.3, 0.4) is 0 Å². The van der Waals surface area contributed by atoms with Crippen LogP contribution in [0.5, 0.6) is 0 Å². The first-order chi connectivity index (χ1) is 12.0. The summed E-state index contributed by atoms with van der Waals surface area (Å²) in [6.07, 6.45) is 2.13. The monoisotopic (exact) mass is 397 g/mol. The minimum absolute atomic E-state index is 0.549. The molecular weight excluding hydrogens is 374 g/mol. The SMILES string of the molecule is Cc1noc(-c2ccc(Br)cc2)c1CC(C)CC(C)c1ccccc1. The number of nitrogens with zero attached hydrogens (tertiary/aromatic N) is 1. The number of hydrogen-bond donors (Lipinski definition) is 0. The van der Waals surface area contributed by atoms with Gasteiger partial charge in [0, 0.05) is 15.6 Å². The van der Waals surface area contributed by atoms with Gasteiger partial charge < -0.3 is 4.52 Å². The highest BCUT2D eigenvalue weighted by molar-refractivity contribution is 9.10. The summed E-state index contributed by atoms with van der Waals surface area (Å²) in [6, 6.07) is 19.0. The standard InChI is InChI=1S/C22H24BrNO/c1-15(13-16(2)18-7-5-4-6-8-18)14-21-17(3)24-25-22(21)19-9-11-20(23)12-10-19/h4-12,15-16H,13-14H2,1-3H3. The quantitative estimate of drug-likeness (QED) is 0.457. The van der Waals surface area contributed by atoms with Gasteiger partial charge in [-0.3, -0.25) is 0 Å². The van der Waals surface area contributed by atoms with Gasteiger partial charge in [-0.05, 0) is 49.3 Å². The Kier molecular flexibility index (Phi) is 5.74. The maximum absolute atomic E-state index is 5.65. The molecule has 0 saturated carbocycles. The van der Waals surface area contributed by atoms with Crippen LogP contribution in [-0.4, -0.2) is 5.16 Å². The number of aryl methyl sites for hydroxylation is 1. The molecule has 3 rings (SSSR count). The van der Waals surface area contributed by atoms with Gasteiger partial charge >= 0.3 is 0 Å². The van der Waals surface area contributed by atoms with Crippen molar-refractivity contribution in [3.63, 3.8) is 0 Å². The molecule has 2 atom stereocenters. The third-order valence-corrected chi connectivity index (χ3v) is 5.30. The van der Waals surface area contributed by atoms with E-state index in [1.807, 2.05) is 19.1 Å². The summed E-state index contributed by atoms with van der Waals surface area (Å²) in [7, 11) is 0. The second-order valence-electron chi connectivity index (χ2n) is 6.94. The predicted octanol–water partition coefficient (Wildman–Crippen LogP) is 6.78. The van der Waals surface area contributed by atoms with Crippen LogP contribution in [-0.2, 0) is 6.42 Å². The smallest absolute Gasteiger partial charge is 0.170 e. The van der Waals surface area contributed by atoms with Crippen molar-refractivity contribution in [2.24, 2.45) is 5.92 Å². The van der Waals surface area contributed by atoms with E-state index in [9.17, 15) is 0 Å². The molecule has 0 bridgehead atoms. The Bertz CT molecular complexity index is 808. The number of aromatic nitrogens is 1. The van der Waals surface area contributed by atoms with Gasteiger partial charge in [-0.1, -0.05) is 77.4 Å². The lowest BCUT2D eigenvalue weighted by Crippen LogP contribution is -2.06. The summed E-state index contributed by atoms with van der Waals surface area (Å²) in [6.45, 7) is 6.66. The lowest BCUT2D eigenvalue weighted by molar-refractivity contribution is 0.425. The van der Waals surface area contributed by atoms with Crippen molar-refractivity contribution >= 4 is 15.9 Å². The Hall–Kier alpha value is -1.87. The molecule has 0 N–H and O–H groups in total. The zero-order valence-electron chi connectivity index (χ0n) is 15.0. The Morgan fingerprint density at radius 1 is 1.00 bits per heavy atom. The van der Waals surface area contributed by atoms with Crippen LogP contribution in [0.25, 0.3) is 11.3 Å². The molecule has 0 radical (unpaired) electrons. The minimum Gasteiger partial charge on any atom is -0.356 e. The largest absolute Gasteiger partial charge is 0.356 e. The zero-order valence-corrected chi connectivity index (χ0v) is 16.6. The summed E-state index contributed by atoms with van der Waals surface area (Å²) in [5.74, 6) is 2.01. The Morgan fingerprint density at radius 3 is 2.36 bits per heavy atom. The predicted molar refractivity (Wildman–Crippen MR) is 107 cm³/mol. The second kappa shape index (κ2) is 8.01. The first kappa shape index (κ1) is 17.9. The normalized spacial score (nSPS) is 13.6. The van der Waals surface area contributed by atoms with Gasteiger partial charge in [-0.15, -0.1) is 0 Å². The Labute approximate surface area is 158 Å². The first-order valence-electron chi connectivity index (χ1n) is 8.80. The van der Waals surface area contributed by atoms with E-state index in [-0.39, 0.29) is 0 Å². The topological polar surface area (TPSA) is 26.0 Å². The van der Waals surface area contributed by atoms with Gasteiger partial charge in [0.15, 0.2) is 5.76 Å². The van der Waals surface area contributed by atoms with Crippen LogP contribution < -0.4 is 0 Å². The van der Waals surface area contributed by atoms with Crippen molar-refractivity contribution in [3.05, 3.63) is 75.9 Å². The third-order valence-electron chi connectivity index (χ3n) is 4.77. The maximum Gasteiger partial charge on any atom is 0.170 e. The molecule has 0 saturated heterocycles. The van der Waals surface area contributed by atoms with Crippen LogP contribution in [0.4, 0.5) is 0 Å². The molecule has 130 valence electrons. The third kappa shape index (κ3) is 4.40. The van der Waals surface area contributed by atoms with E-state index in [1.54, 1.807) is 0 Å². The molecule has 0 aliphatic carbocycles. The van der Waals surface area contributed by atoms with Crippen LogP contribution in [0.15, 0.2) is 63.6 Å². The zero-order chi connectivity index (χ0) is 17.8. The first-order valence-corrected chi connectivity index (χ1v) is 9.60. The minimum atomic E-state index is 0.549. The fourth-order valence-corrected chi connectivity index (χ4v) is 3.67. The number of halogens is 1. The Balaban J connectivity index is 1.74. The number of hydrogen-bond acceptors (Lipinski definition) is 2. The molecular formula is C22H24BrNO. The van der Waals surface area contributed by atoms with Crippen molar-refractivity contribution in [1.82, 2.24) is 5.16 Å². The summed E-state index contributed by atoms with van der Waals surface area (Å²) in [4.78, 5) is 0. The summed E-state index contributed by atoms with van der Waals surface area (Å²) in [5.41, 5.74) is 4.72. The fraction of sp³-hybridized carbons (Fsp3) is 0.318. The summed E-state index contributed by atoms with van der Waals surface area (Å²) in [5, 5.41) is 4.22. The van der Waals surface area contributed by atoms with Gasteiger partial charge in [0.1, 0.15) is 0 Å². The summed E-state index contributed by atoms with van der Waals surface area (Å²) >= 11 is 3.49. The highest BCUT2D eigenvalue weighted by atomic mass is 79.9. The van der Waals surface area contributed by atoms with Gasteiger partial charge in [-0.2, -0.15) is 0 Å². The van der Waals surface area contributed by atoms with Crippen LogP contribution >= 0.6 is 15.9 Å². The molecule has 2 unspecified atom stereocenters. The highest BCUT2D eigenvalue weighted by Gasteiger charge is 2.19. The van der Waals surface area contributed by atoms with Gasteiger partial charge in [0.25, 0.3) is 0 Å². The van der Waals surface area contributed by atoms with Crippen LogP contribution in [0.1, 0.15) is 43.0 Å². The lowest BCUT2D eigenvalue weighted by atomic mass is 9.87. The molecule has 1 heterocycles. The molecule has 25 heavy (non-hydrogen) atoms. The van der Waals surface area contributed by atoms with E-state index in [4.69, 9.17) is 4.52 Å². The highest BCUT2D eigenvalue weighted by Crippen LogP contribution is 2.32. The van der Waals surface area contributed by atoms with Gasteiger partial charge in [0.05, 0.1) is 5.69 Å². The molecule has 0 spiro atoms. The van der Waals surface area contributed by atoms with Crippen molar-refractivity contribution in [2.45, 2.75) is 39.5 Å². The van der Waals surface area contributed by atoms with E-state index >= 15 is 0 Å². The average Bonchev–Trinajstić information content (AvgIpc) is 2.97. The Morgan fingerprint density at radius 2 is 1.68 bits per heavy atom. The molecule has 0 aliphatic rings. The molecule has 0 amide bonds.